The highest BCUT2D eigenvalue weighted by Crippen LogP contribution is 2.45. The monoisotopic (exact) mass is 294 g/mol. The molecule has 5 heteroatoms. The van der Waals surface area contributed by atoms with E-state index < -0.39 is 5.92 Å². The van der Waals surface area contributed by atoms with E-state index in [4.69, 9.17) is 5.73 Å². The second-order valence-electron chi connectivity index (χ2n) is 6.62. The second kappa shape index (κ2) is 4.99. The van der Waals surface area contributed by atoms with Crippen molar-refractivity contribution in [2.24, 2.45) is 11.1 Å². The molecule has 0 saturated carbocycles. The number of allylic oxidation sites excluding steroid dienone is 3. The zero-order valence-electron chi connectivity index (χ0n) is 12.7. The van der Waals surface area contributed by atoms with E-state index in [2.05, 4.69) is 30.2 Å². The van der Waals surface area contributed by atoms with Gasteiger partial charge in [0, 0.05) is 30.1 Å². The molecule has 22 heavy (non-hydrogen) atoms. The van der Waals surface area contributed by atoms with E-state index in [0.29, 0.717) is 23.4 Å². The van der Waals surface area contributed by atoms with Gasteiger partial charge in [0.15, 0.2) is 5.78 Å². The number of carbonyl (C=O) groups is 1. The number of Topliss-reactive ketones (excluding diaryl/α,β-unsaturated/α-hetero) is 1. The number of pyridine rings is 1. The zero-order chi connectivity index (χ0) is 15.9. The average molecular weight is 294 g/mol. The molecule has 0 aromatic carbocycles. The Balaban J connectivity index is 2.18. The summed E-state index contributed by atoms with van der Waals surface area (Å²) in [4.78, 5) is 16.8. The molecule has 1 aromatic rings. The van der Waals surface area contributed by atoms with Gasteiger partial charge in [0.1, 0.15) is 5.82 Å². The Bertz CT molecular complexity index is 738. The zero-order valence-corrected chi connectivity index (χ0v) is 12.7. The lowest BCUT2D eigenvalue weighted by atomic mass is 9.69. The molecule has 0 bridgehead atoms. The van der Waals surface area contributed by atoms with Gasteiger partial charge >= 0.3 is 0 Å². The van der Waals surface area contributed by atoms with Crippen molar-refractivity contribution in [2.45, 2.75) is 32.6 Å². The van der Waals surface area contributed by atoms with Crippen molar-refractivity contribution >= 4 is 5.78 Å². The highest BCUT2D eigenvalue weighted by atomic mass is 16.1. The Labute approximate surface area is 129 Å². The topological polar surface area (TPSA) is 91.8 Å². The molecule has 0 fully saturated rings. The summed E-state index contributed by atoms with van der Waals surface area (Å²) in [7, 11) is 0. The lowest BCUT2D eigenvalue weighted by molar-refractivity contribution is -0.118. The fourth-order valence-corrected chi connectivity index (χ4v) is 3.32. The van der Waals surface area contributed by atoms with Crippen LogP contribution >= 0.6 is 0 Å². The van der Waals surface area contributed by atoms with Crippen molar-refractivity contribution in [3.05, 3.63) is 52.8 Å². The molecule has 1 aliphatic carbocycles. The molecule has 2 heterocycles. The number of nitriles is 1. The fraction of sp³-hybridized carbons (Fsp3) is 0.353. The van der Waals surface area contributed by atoms with Gasteiger partial charge in [-0.3, -0.25) is 9.78 Å². The van der Waals surface area contributed by atoms with Gasteiger partial charge in [-0.2, -0.15) is 5.26 Å². The fourth-order valence-electron chi connectivity index (χ4n) is 3.32. The van der Waals surface area contributed by atoms with Crippen LogP contribution in [0, 0.1) is 16.7 Å². The number of nitrogens with one attached hydrogen (secondary N) is 1. The first-order chi connectivity index (χ1) is 10.4. The van der Waals surface area contributed by atoms with Gasteiger partial charge in [-0.1, -0.05) is 19.9 Å². The van der Waals surface area contributed by atoms with Crippen molar-refractivity contribution in [1.82, 2.24) is 10.3 Å². The minimum absolute atomic E-state index is 0.0767. The summed E-state index contributed by atoms with van der Waals surface area (Å²) in [5.74, 6) is -0.00740. The highest BCUT2D eigenvalue weighted by molar-refractivity contribution is 6.00. The van der Waals surface area contributed by atoms with Gasteiger partial charge in [-0.05, 0) is 23.5 Å². The number of nitrogens with two attached hydrogens (primary N) is 1. The van der Waals surface area contributed by atoms with E-state index in [1.807, 2.05) is 6.07 Å². The van der Waals surface area contributed by atoms with Crippen molar-refractivity contribution in [3.8, 4) is 6.07 Å². The lowest BCUT2D eigenvalue weighted by Gasteiger charge is -2.38. The summed E-state index contributed by atoms with van der Waals surface area (Å²) in [5.41, 5.74) is 8.65. The predicted octanol–water partition coefficient (Wildman–Crippen LogP) is 2.11. The molecule has 112 valence electrons. The first kappa shape index (κ1) is 14.3. The van der Waals surface area contributed by atoms with Crippen molar-refractivity contribution < 1.29 is 4.79 Å². The van der Waals surface area contributed by atoms with Crippen LogP contribution in [0.25, 0.3) is 0 Å². The second-order valence-corrected chi connectivity index (χ2v) is 6.62. The van der Waals surface area contributed by atoms with Crippen LogP contribution in [-0.2, 0) is 4.79 Å². The van der Waals surface area contributed by atoms with Gasteiger partial charge in [0.2, 0.25) is 0 Å². The molecule has 3 N–H and O–H groups in total. The predicted molar refractivity (Wildman–Crippen MR) is 82.0 cm³/mol. The Kier molecular flexibility index (Phi) is 3.25. The molecule has 0 saturated heterocycles. The van der Waals surface area contributed by atoms with Gasteiger partial charge in [0.25, 0.3) is 0 Å². The number of aromatic nitrogens is 1. The van der Waals surface area contributed by atoms with Crippen LogP contribution in [0.1, 0.15) is 38.2 Å². The van der Waals surface area contributed by atoms with Gasteiger partial charge in [-0.25, -0.2) is 0 Å². The summed E-state index contributed by atoms with van der Waals surface area (Å²) in [6.45, 7) is 4.13. The Morgan fingerprint density at radius 1 is 1.45 bits per heavy atom. The summed E-state index contributed by atoms with van der Waals surface area (Å²) < 4.78 is 0. The molecule has 2 aliphatic rings. The molecule has 1 aromatic heterocycles. The number of carbonyl (C=O) groups excluding carboxylic acids is 1. The molecular formula is C17H18N4O. The first-order valence-electron chi connectivity index (χ1n) is 7.26. The molecule has 3 rings (SSSR count). The Morgan fingerprint density at radius 3 is 2.86 bits per heavy atom. The lowest BCUT2D eigenvalue weighted by Crippen LogP contribution is -2.39. The van der Waals surface area contributed by atoms with Crippen LogP contribution in [0.3, 0.4) is 0 Å². The van der Waals surface area contributed by atoms with E-state index in [-0.39, 0.29) is 11.2 Å². The third kappa shape index (κ3) is 2.27. The van der Waals surface area contributed by atoms with Crippen LogP contribution in [0.5, 0.6) is 0 Å². The Hall–Kier alpha value is -2.61. The third-order valence-electron chi connectivity index (χ3n) is 4.21. The van der Waals surface area contributed by atoms with Gasteiger partial charge in [0.05, 0.1) is 17.6 Å². The summed E-state index contributed by atoms with van der Waals surface area (Å²) in [6.07, 6.45) is 4.58. The number of nitrogens with zero attached hydrogens (tertiary/aromatic N) is 2. The van der Waals surface area contributed by atoms with Crippen molar-refractivity contribution in [2.75, 3.05) is 0 Å². The molecule has 5 nitrogen and oxygen atoms in total. The molecule has 1 aliphatic heterocycles. The van der Waals surface area contributed by atoms with Gasteiger partial charge < -0.3 is 11.1 Å². The maximum Gasteiger partial charge on any atom is 0.162 e. The van der Waals surface area contributed by atoms with Crippen LogP contribution in [0.2, 0.25) is 0 Å². The molecular weight excluding hydrogens is 276 g/mol. The summed E-state index contributed by atoms with van der Waals surface area (Å²) in [6, 6.07) is 5.84. The molecule has 1 unspecified atom stereocenters. The molecule has 0 radical (unpaired) electrons. The van der Waals surface area contributed by atoms with Crippen LogP contribution in [0.4, 0.5) is 0 Å². The number of hydrogen-bond donors (Lipinski definition) is 2. The third-order valence-corrected chi connectivity index (χ3v) is 4.21. The van der Waals surface area contributed by atoms with E-state index in [9.17, 15) is 10.1 Å². The summed E-state index contributed by atoms with van der Waals surface area (Å²) in [5, 5.41) is 12.6. The molecule has 0 spiro atoms. The van der Waals surface area contributed by atoms with E-state index in [1.165, 1.54) is 0 Å². The van der Waals surface area contributed by atoms with Crippen molar-refractivity contribution in [3.63, 3.8) is 0 Å². The number of ketones is 1. The normalized spacial score (nSPS) is 23.7. The smallest absolute Gasteiger partial charge is 0.162 e. The number of hydrogen-bond acceptors (Lipinski definition) is 5. The van der Waals surface area contributed by atoms with Crippen molar-refractivity contribution in [1.29, 1.82) is 5.26 Å². The molecule has 0 amide bonds. The highest BCUT2D eigenvalue weighted by Gasteiger charge is 2.41. The molecule has 1 atom stereocenters. The van der Waals surface area contributed by atoms with E-state index in [1.54, 1.807) is 18.5 Å². The van der Waals surface area contributed by atoms with Crippen LogP contribution in [0.15, 0.2) is 47.2 Å². The number of dihydropyridines is 1. The minimum atomic E-state index is -0.418. The van der Waals surface area contributed by atoms with Gasteiger partial charge in [-0.15, -0.1) is 0 Å². The summed E-state index contributed by atoms with van der Waals surface area (Å²) >= 11 is 0. The standard InChI is InChI=1S/C17H18N4O/c1-17(2)6-12-15(13(22)7-17)14(10-4-3-5-20-9-10)11(8-18)16(19)21-12/h3-5,9,14,21H,6-7,19H2,1-2H3. The maximum atomic E-state index is 12.7. The van der Waals surface area contributed by atoms with E-state index in [0.717, 1.165) is 17.7 Å². The SMILES string of the molecule is CC1(C)CC(=O)C2=C(C1)NC(N)=C(C#N)C2c1cccnc1. The largest absolute Gasteiger partial charge is 0.384 e. The quantitative estimate of drug-likeness (QED) is 0.827. The van der Waals surface area contributed by atoms with Crippen LogP contribution in [-0.4, -0.2) is 10.8 Å². The Morgan fingerprint density at radius 2 is 2.23 bits per heavy atom. The average Bonchev–Trinajstić information content (AvgIpc) is 2.45. The van der Waals surface area contributed by atoms with E-state index >= 15 is 0 Å². The number of rotatable bonds is 1. The minimum Gasteiger partial charge on any atom is -0.384 e. The first-order valence-corrected chi connectivity index (χ1v) is 7.26. The maximum absolute atomic E-state index is 12.7. The van der Waals surface area contributed by atoms with Crippen LogP contribution < -0.4 is 11.1 Å².